The lowest BCUT2D eigenvalue weighted by atomic mass is 9.99. The van der Waals surface area contributed by atoms with E-state index in [1.807, 2.05) is 0 Å². The smallest absolute Gasteiger partial charge is 0.195 e. The topological polar surface area (TPSA) is 168 Å². The van der Waals surface area contributed by atoms with E-state index in [2.05, 4.69) is 59.6 Å². The van der Waals surface area contributed by atoms with Crippen LogP contribution in [0.1, 0.15) is 105 Å². The van der Waals surface area contributed by atoms with E-state index in [9.17, 15) is 0 Å². The first-order chi connectivity index (χ1) is 17.4. The minimum Gasteiger partial charge on any atom is -0.356 e. The quantitative estimate of drug-likeness (QED) is 0.0643. The van der Waals surface area contributed by atoms with Gasteiger partial charge in [0.25, 0.3) is 0 Å². The van der Waals surface area contributed by atoms with Gasteiger partial charge >= 0.3 is 0 Å². The molecule has 2 unspecified atom stereocenters. The summed E-state index contributed by atoms with van der Waals surface area (Å²) >= 11 is 0. The zero-order chi connectivity index (χ0) is 27.0. The van der Waals surface area contributed by atoms with E-state index in [4.69, 9.17) is 21.6 Å². The number of nitrogens with one attached hydrogen (secondary N) is 10. The second-order valence-electron chi connectivity index (χ2n) is 9.61. The van der Waals surface area contributed by atoms with Crippen molar-refractivity contribution in [3.63, 3.8) is 0 Å². The Kier molecular flexibility index (Phi) is 25.4. The van der Waals surface area contributed by atoms with Crippen molar-refractivity contribution in [2.24, 2.45) is 11.8 Å². The van der Waals surface area contributed by atoms with Gasteiger partial charge in [0, 0.05) is 26.2 Å². The van der Waals surface area contributed by atoms with Gasteiger partial charge in [-0.1, -0.05) is 79.1 Å². The molecule has 0 bridgehead atoms. The first-order valence-electron chi connectivity index (χ1n) is 14.2. The van der Waals surface area contributed by atoms with Crippen LogP contribution in [0.5, 0.6) is 0 Å². The Labute approximate surface area is 232 Å². The molecule has 10 N–H and O–H groups in total. The third-order valence-electron chi connectivity index (χ3n) is 6.43. The Bertz CT molecular complexity index is 562. The van der Waals surface area contributed by atoms with Crippen molar-refractivity contribution in [3.05, 3.63) is 0 Å². The standard InChI is InChI=1S/C26H56N10.ClH/c1-5-9-15-21(7-3)19-33-25(29)35-23(27)31-17-13-11-12-14-18-32-24(28)36-26(30)34-20-22(8-4)16-10-6-2;/h21-22H,5-20H2,1-4H3,(H5,27,29,31,33,35)(H5,28,30,32,34,36);1H. The van der Waals surface area contributed by atoms with Crippen molar-refractivity contribution in [2.75, 3.05) is 26.2 Å². The molecule has 0 fully saturated rings. The van der Waals surface area contributed by atoms with Crippen molar-refractivity contribution < 1.29 is 0 Å². The normalized spacial score (nSPS) is 11.9. The van der Waals surface area contributed by atoms with Crippen LogP contribution in [0.25, 0.3) is 0 Å². The summed E-state index contributed by atoms with van der Waals surface area (Å²) in [4.78, 5) is 0. The lowest BCUT2D eigenvalue weighted by Crippen LogP contribution is -2.47. The van der Waals surface area contributed by atoms with Crippen LogP contribution in [0.4, 0.5) is 0 Å². The zero-order valence-electron chi connectivity index (χ0n) is 23.9. The van der Waals surface area contributed by atoms with Gasteiger partial charge in [-0.25, -0.2) is 0 Å². The van der Waals surface area contributed by atoms with Gasteiger partial charge in [-0.2, -0.15) is 0 Å². The summed E-state index contributed by atoms with van der Waals surface area (Å²) in [5.74, 6) is 1.80. The number of hydrogen-bond donors (Lipinski definition) is 10. The van der Waals surface area contributed by atoms with E-state index < -0.39 is 0 Å². The number of halogens is 1. The SMILES string of the molecule is CCCCC(CC)CNC(=N)NC(=N)NCCCCCCNC(=N)NC(=N)NCC(CC)CCCC.Cl. The van der Waals surface area contributed by atoms with Crippen molar-refractivity contribution in [2.45, 2.75) is 105 Å². The maximum atomic E-state index is 7.96. The Hall–Kier alpha value is -2.23. The van der Waals surface area contributed by atoms with Gasteiger partial charge in [-0.3, -0.25) is 32.3 Å². The minimum atomic E-state index is 0. The number of hydrogen-bond acceptors (Lipinski definition) is 4. The van der Waals surface area contributed by atoms with Crippen LogP contribution in [0.3, 0.4) is 0 Å². The van der Waals surface area contributed by atoms with Crippen molar-refractivity contribution in [1.29, 1.82) is 21.6 Å². The van der Waals surface area contributed by atoms with E-state index in [1.54, 1.807) is 0 Å². The third kappa shape index (κ3) is 22.7. The maximum absolute atomic E-state index is 7.96. The fourth-order valence-electron chi connectivity index (χ4n) is 3.84. The molecule has 0 aliphatic carbocycles. The monoisotopic (exact) mass is 544 g/mol. The van der Waals surface area contributed by atoms with Gasteiger partial charge in [0.15, 0.2) is 23.8 Å². The Balaban J connectivity index is 0. The molecular weight excluding hydrogens is 488 g/mol. The summed E-state index contributed by atoms with van der Waals surface area (Å²) in [6.45, 7) is 11.7. The molecule has 10 nitrogen and oxygen atoms in total. The fourth-order valence-corrected chi connectivity index (χ4v) is 3.84. The van der Waals surface area contributed by atoms with Gasteiger partial charge in [-0.15, -0.1) is 12.4 Å². The van der Waals surface area contributed by atoms with Gasteiger partial charge in [0.05, 0.1) is 0 Å². The molecule has 0 rings (SSSR count). The Morgan fingerprint density at radius 3 is 1.19 bits per heavy atom. The second-order valence-corrected chi connectivity index (χ2v) is 9.61. The summed E-state index contributed by atoms with van der Waals surface area (Å²) in [6, 6.07) is 0. The molecule has 37 heavy (non-hydrogen) atoms. The van der Waals surface area contributed by atoms with Crippen molar-refractivity contribution >= 4 is 36.2 Å². The summed E-state index contributed by atoms with van der Waals surface area (Å²) in [5, 5.41) is 49.5. The molecule has 0 aromatic rings. The van der Waals surface area contributed by atoms with Crippen LogP contribution >= 0.6 is 12.4 Å². The zero-order valence-corrected chi connectivity index (χ0v) is 24.7. The molecule has 11 heteroatoms. The molecular formula is C26H57ClN10. The largest absolute Gasteiger partial charge is 0.356 e. The lowest BCUT2D eigenvalue weighted by Gasteiger charge is -2.18. The molecule has 0 aliphatic rings. The fraction of sp³-hybridized carbons (Fsp3) is 0.846. The molecule has 0 spiro atoms. The molecule has 0 saturated carbocycles. The average Bonchev–Trinajstić information content (AvgIpc) is 2.85. The van der Waals surface area contributed by atoms with Crippen LogP contribution in [-0.4, -0.2) is 50.0 Å². The molecule has 0 aromatic carbocycles. The predicted molar refractivity (Wildman–Crippen MR) is 162 cm³/mol. The molecule has 0 amide bonds. The van der Waals surface area contributed by atoms with Crippen LogP contribution in [0.2, 0.25) is 0 Å². The maximum Gasteiger partial charge on any atom is 0.195 e. The Morgan fingerprint density at radius 2 is 0.865 bits per heavy atom. The summed E-state index contributed by atoms with van der Waals surface area (Å²) in [7, 11) is 0. The van der Waals surface area contributed by atoms with Crippen molar-refractivity contribution in [3.8, 4) is 0 Å². The van der Waals surface area contributed by atoms with Gasteiger partial charge < -0.3 is 21.3 Å². The second kappa shape index (κ2) is 25.4. The van der Waals surface area contributed by atoms with Crippen LogP contribution < -0.4 is 31.9 Å². The highest BCUT2D eigenvalue weighted by molar-refractivity contribution is 5.96. The molecule has 218 valence electrons. The third-order valence-corrected chi connectivity index (χ3v) is 6.43. The van der Waals surface area contributed by atoms with Crippen LogP contribution in [0.15, 0.2) is 0 Å². The van der Waals surface area contributed by atoms with E-state index in [1.165, 1.54) is 38.5 Å². The molecule has 0 radical (unpaired) electrons. The highest BCUT2D eigenvalue weighted by atomic mass is 35.5. The van der Waals surface area contributed by atoms with E-state index >= 15 is 0 Å². The van der Waals surface area contributed by atoms with Crippen LogP contribution in [0, 0.1) is 33.5 Å². The van der Waals surface area contributed by atoms with Crippen LogP contribution in [-0.2, 0) is 0 Å². The molecule has 0 aliphatic heterocycles. The highest BCUT2D eigenvalue weighted by Crippen LogP contribution is 2.11. The van der Waals surface area contributed by atoms with Crippen molar-refractivity contribution in [1.82, 2.24) is 31.9 Å². The van der Waals surface area contributed by atoms with E-state index in [0.717, 1.165) is 51.6 Å². The predicted octanol–water partition coefficient (Wildman–Crippen LogP) is 4.68. The first-order valence-corrected chi connectivity index (χ1v) is 14.2. The lowest BCUT2D eigenvalue weighted by molar-refractivity contribution is 0.444. The average molecular weight is 545 g/mol. The number of guanidine groups is 4. The summed E-state index contributed by atoms with van der Waals surface area (Å²) in [5.41, 5.74) is 0. The Morgan fingerprint density at radius 1 is 0.514 bits per heavy atom. The number of unbranched alkanes of at least 4 members (excludes halogenated alkanes) is 5. The number of rotatable bonds is 19. The first kappa shape index (κ1) is 36.9. The summed E-state index contributed by atoms with van der Waals surface area (Å²) in [6.07, 6.45) is 13.3. The molecule has 0 aromatic heterocycles. The molecule has 0 saturated heterocycles. The molecule has 2 atom stereocenters. The van der Waals surface area contributed by atoms with Gasteiger partial charge in [0.1, 0.15) is 0 Å². The van der Waals surface area contributed by atoms with E-state index in [0.29, 0.717) is 24.9 Å². The van der Waals surface area contributed by atoms with Gasteiger partial charge in [0.2, 0.25) is 0 Å². The van der Waals surface area contributed by atoms with E-state index in [-0.39, 0.29) is 36.2 Å². The highest BCUT2D eigenvalue weighted by Gasteiger charge is 2.08. The summed E-state index contributed by atoms with van der Waals surface area (Å²) < 4.78 is 0. The molecule has 0 heterocycles. The minimum absolute atomic E-state index is 0. The van der Waals surface area contributed by atoms with Gasteiger partial charge in [-0.05, 0) is 37.5 Å².